The number of aryl methyl sites for hydroxylation is 2. The Balaban J connectivity index is 1.99. The third-order valence-corrected chi connectivity index (χ3v) is 5.76. The summed E-state index contributed by atoms with van der Waals surface area (Å²) >= 11 is 19.8. The van der Waals surface area contributed by atoms with E-state index in [2.05, 4.69) is 5.32 Å². The van der Waals surface area contributed by atoms with Crippen LogP contribution in [0.1, 0.15) is 20.8 Å². The monoisotopic (exact) mass is 383 g/mol. The van der Waals surface area contributed by atoms with Crippen LogP contribution in [0.4, 0.5) is 5.69 Å². The molecule has 0 aliphatic carbocycles. The maximum absolute atomic E-state index is 12.5. The van der Waals surface area contributed by atoms with E-state index in [1.807, 2.05) is 32.0 Å². The maximum Gasteiger partial charge on any atom is 0.267 e. The number of benzene rings is 2. The van der Waals surface area contributed by atoms with Gasteiger partial charge in [0.2, 0.25) is 0 Å². The van der Waals surface area contributed by atoms with Gasteiger partial charge in [0.1, 0.15) is 4.88 Å². The van der Waals surface area contributed by atoms with E-state index < -0.39 is 0 Å². The fourth-order valence-corrected chi connectivity index (χ4v) is 4.54. The van der Waals surface area contributed by atoms with Crippen molar-refractivity contribution in [3.8, 4) is 0 Å². The first kappa shape index (κ1) is 16.6. The lowest BCUT2D eigenvalue weighted by Gasteiger charge is -2.07. The summed E-state index contributed by atoms with van der Waals surface area (Å²) in [6.45, 7) is 4.02. The summed E-state index contributed by atoms with van der Waals surface area (Å²) in [5.41, 5.74) is 3.01. The third-order valence-electron chi connectivity index (χ3n) is 3.62. The molecule has 1 N–H and O–H groups in total. The first-order chi connectivity index (χ1) is 10.9. The van der Waals surface area contributed by atoms with Crippen LogP contribution < -0.4 is 5.32 Å². The standard InChI is InChI=1S/C17H12Cl3NOS/c1-8-3-4-11(5-9(8)2)21-17(22)16-15(20)14-12(19)6-10(18)7-13(14)23-16/h3-7H,1-2H3,(H,21,22). The molecule has 1 aromatic heterocycles. The van der Waals surface area contributed by atoms with Gasteiger partial charge in [-0.3, -0.25) is 4.79 Å². The van der Waals surface area contributed by atoms with Crippen molar-refractivity contribution >= 4 is 67.8 Å². The number of halogens is 3. The van der Waals surface area contributed by atoms with Gasteiger partial charge in [0.05, 0.1) is 10.0 Å². The fourth-order valence-electron chi connectivity index (χ4n) is 2.26. The predicted octanol–water partition coefficient (Wildman–Crippen LogP) is 6.73. The number of fused-ring (bicyclic) bond motifs is 1. The number of amides is 1. The molecule has 3 aromatic rings. The molecular weight excluding hydrogens is 373 g/mol. The van der Waals surface area contributed by atoms with Crippen molar-refractivity contribution < 1.29 is 4.79 Å². The molecule has 0 bridgehead atoms. The molecule has 6 heteroatoms. The van der Waals surface area contributed by atoms with Gasteiger partial charge in [0.25, 0.3) is 5.91 Å². The summed E-state index contributed by atoms with van der Waals surface area (Å²) in [6, 6.07) is 9.14. The number of anilines is 1. The van der Waals surface area contributed by atoms with Gasteiger partial charge < -0.3 is 5.32 Å². The van der Waals surface area contributed by atoms with Crippen molar-refractivity contribution in [3.63, 3.8) is 0 Å². The average molecular weight is 385 g/mol. The Morgan fingerprint density at radius 1 is 1.04 bits per heavy atom. The number of carbonyl (C=O) groups is 1. The van der Waals surface area contributed by atoms with Crippen LogP contribution in [0.25, 0.3) is 10.1 Å². The normalized spacial score (nSPS) is 11.0. The van der Waals surface area contributed by atoms with Crippen LogP contribution >= 0.6 is 46.1 Å². The second-order valence-corrected chi connectivity index (χ2v) is 7.53. The van der Waals surface area contributed by atoms with Gasteiger partial charge in [-0.05, 0) is 49.2 Å². The van der Waals surface area contributed by atoms with E-state index in [9.17, 15) is 4.79 Å². The minimum atomic E-state index is -0.258. The minimum absolute atomic E-state index is 0.258. The molecule has 0 unspecified atom stereocenters. The SMILES string of the molecule is Cc1ccc(NC(=O)c2sc3cc(Cl)cc(Cl)c3c2Cl)cc1C. The molecule has 0 saturated carbocycles. The van der Waals surface area contributed by atoms with E-state index in [1.165, 1.54) is 16.9 Å². The second-order valence-electron chi connectivity index (χ2n) is 5.26. The smallest absolute Gasteiger partial charge is 0.267 e. The van der Waals surface area contributed by atoms with Gasteiger partial charge in [-0.15, -0.1) is 11.3 Å². The van der Waals surface area contributed by atoms with E-state index in [4.69, 9.17) is 34.8 Å². The lowest BCUT2D eigenvalue weighted by molar-refractivity contribution is 0.103. The molecule has 0 aliphatic rings. The molecule has 118 valence electrons. The van der Waals surface area contributed by atoms with Crippen LogP contribution in [-0.4, -0.2) is 5.91 Å². The lowest BCUT2D eigenvalue weighted by atomic mass is 10.1. The van der Waals surface area contributed by atoms with E-state index >= 15 is 0 Å². The van der Waals surface area contributed by atoms with Crippen molar-refractivity contribution in [1.82, 2.24) is 0 Å². The molecular formula is C17H12Cl3NOS. The third kappa shape index (κ3) is 3.20. The quantitative estimate of drug-likeness (QED) is 0.521. The summed E-state index contributed by atoms with van der Waals surface area (Å²) < 4.78 is 0.790. The maximum atomic E-state index is 12.5. The zero-order chi connectivity index (χ0) is 16.7. The zero-order valence-corrected chi connectivity index (χ0v) is 15.4. The molecule has 3 rings (SSSR count). The summed E-state index contributed by atoms with van der Waals surface area (Å²) in [6.07, 6.45) is 0. The molecule has 23 heavy (non-hydrogen) atoms. The Morgan fingerprint density at radius 2 is 1.78 bits per heavy atom. The summed E-state index contributed by atoms with van der Waals surface area (Å²) in [5, 5.41) is 4.85. The Labute approximate surface area is 153 Å². The lowest BCUT2D eigenvalue weighted by Crippen LogP contribution is -2.10. The van der Waals surface area contributed by atoms with Crippen molar-refractivity contribution in [2.24, 2.45) is 0 Å². The molecule has 2 nitrogen and oxygen atoms in total. The highest BCUT2D eigenvalue weighted by atomic mass is 35.5. The molecule has 0 atom stereocenters. The highest BCUT2D eigenvalue weighted by Gasteiger charge is 2.19. The molecule has 0 radical (unpaired) electrons. The van der Waals surface area contributed by atoms with Gasteiger partial charge in [0, 0.05) is 20.8 Å². The van der Waals surface area contributed by atoms with Crippen LogP contribution in [0.3, 0.4) is 0 Å². The number of nitrogens with one attached hydrogen (secondary N) is 1. The number of thiophene rings is 1. The highest BCUT2D eigenvalue weighted by molar-refractivity contribution is 7.21. The molecule has 1 amide bonds. The number of carbonyl (C=O) groups excluding carboxylic acids is 1. The Morgan fingerprint density at radius 3 is 2.48 bits per heavy atom. The van der Waals surface area contributed by atoms with E-state index in [1.54, 1.807) is 12.1 Å². The Bertz CT molecular complexity index is 933. The first-order valence-corrected chi connectivity index (χ1v) is 8.77. The van der Waals surface area contributed by atoms with Crippen LogP contribution in [0, 0.1) is 13.8 Å². The van der Waals surface area contributed by atoms with Gasteiger partial charge >= 0.3 is 0 Å². The zero-order valence-electron chi connectivity index (χ0n) is 12.3. The van der Waals surface area contributed by atoms with E-state index in [0.29, 0.717) is 25.3 Å². The summed E-state index contributed by atoms with van der Waals surface area (Å²) in [4.78, 5) is 13.0. The fraction of sp³-hybridized carbons (Fsp3) is 0.118. The van der Waals surface area contributed by atoms with Crippen molar-refractivity contribution in [2.45, 2.75) is 13.8 Å². The van der Waals surface area contributed by atoms with Crippen molar-refractivity contribution in [1.29, 1.82) is 0 Å². The average Bonchev–Trinajstić information content (AvgIpc) is 2.80. The molecule has 2 aromatic carbocycles. The summed E-state index contributed by atoms with van der Waals surface area (Å²) in [7, 11) is 0. The highest BCUT2D eigenvalue weighted by Crippen LogP contribution is 2.41. The van der Waals surface area contributed by atoms with Crippen LogP contribution in [0.5, 0.6) is 0 Å². The number of rotatable bonds is 2. The molecule has 0 fully saturated rings. The van der Waals surface area contributed by atoms with Crippen LogP contribution in [0.15, 0.2) is 30.3 Å². The topological polar surface area (TPSA) is 29.1 Å². The van der Waals surface area contributed by atoms with Crippen LogP contribution in [0.2, 0.25) is 15.1 Å². The first-order valence-electron chi connectivity index (χ1n) is 6.82. The molecule has 0 aliphatic heterocycles. The van der Waals surface area contributed by atoms with Gasteiger partial charge in [-0.25, -0.2) is 0 Å². The van der Waals surface area contributed by atoms with Crippen molar-refractivity contribution in [2.75, 3.05) is 5.32 Å². The Hall–Kier alpha value is -1.26. The predicted molar refractivity (Wildman–Crippen MR) is 101 cm³/mol. The van der Waals surface area contributed by atoms with Crippen molar-refractivity contribution in [3.05, 3.63) is 61.4 Å². The summed E-state index contributed by atoms with van der Waals surface area (Å²) in [5.74, 6) is -0.258. The molecule has 0 spiro atoms. The van der Waals surface area contributed by atoms with Gasteiger partial charge in [-0.1, -0.05) is 40.9 Å². The molecule has 0 saturated heterocycles. The minimum Gasteiger partial charge on any atom is -0.321 e. The second kappa shape index (κ2) is 6.33. The van der Waals surface area contributed by atoms with E-state index in [-0.39, 0.29) is 5.91 Å². The largest absolute Gasteiger partial charge is 0.321 e. The number of hydrogen-bond acceptors (Lipinski definition) is 2. The van der Waals surface area contributed by atoms with E-state index in [0.717, 1.165) is 16.0 Å². The van der Waals surface area contributed by atoms with Crippen LogP contribution in [-0.2, 0) is 0 Å². The molecule has 1 heterocycles. The van der Waals surface area contributed by atoms with Gasteiger partial charge in [-0.2, -0.15) is 0 Å². The van der Waals surface area contributed by atoms with Gasteiger partial charge in [0.15, 0.2) is 0 Å². The number of hydrogen-bond donors (Lipinski definition) is 1. The Kier molecular flexibility index (Phi) is 4.56.